The lowest BCUT2D eigenvalue weighted by atomic mass is 9.87. The van der Waals surface area contributed by atoms with Crippen LogP contribution in [0.15, 0.2) is 54.7 Å². The monoisotopic (exact) mass is 344 g/mol. The van der Waals surface area contributed by atoms with Crippen LogP contribution in [0.25, 0.3) is 0 Å². The molecule has 0 spiro atoms. The van der Waals surface area contributed by atoms with Crippen LogP contribution >= 0.6 is 0 Å². The van der Waals surface area contributed by atoms with Gasteiger partial charge in [0, 0.05) is 29.4 Å². The van der Waals surface area contributed by atoms with Crippen molar-refractivity contribution in [2.24, 2.45) is 0 Å². The van der Waals surface area contributed by atoms with Gasteiger partial charge >= 0.3 is 0 Å². The van der Waals surface area contributed by atoms with E-state index in [0.717, 1.165) is 33.9 Å². The van der Waals surface area contributed by atoms with Gasteiger partial charge in [-0.05, 0) is 12.1 Å². The first-order valence-electron chi connectivity index (χ1n) is 8.45. The molecule has 1 aromatic heterocycles. The molecule has 3 heterocycles. The molecule has 2 N–H and O–H groups in total. The Hall–Kier alpha value is -3.41. The Morgan fingerprint density at radius 1 is 1.04 bits per heavy atom. The third-order valence-electron chi connectivity index (χ3n) is 4.91. The molecule has 0 radical (unpaired) electrons. The highest BCUT2D eigenvalue weighted by molar-refractivity contribution is 5.90. The van der Waals surface area contributed by atoms with Crippen molar-refractivity contribution in [2.45, 2.75) is 19.0 Å². The number of nitrogens with two attached hydrogens (primary N) is 1. The van der Waals surface area contributed by atoms with Crippen LogP contribution in [-0.4, -0.2) is 20.8 Å². The topological polar surface area (TPSA) is 81.3 Å². The number of benzene rings is 2. The Balaban J connectivity index is 1.55. The molecule has 5 rings (SSSR count). The number of rotatable bonds is 1. The molecule has 128 valence electrons. The van der Waals surface area contributed by atoms with Gasteiger partial charge in [-0.3, -0.25) is 4.79 Å². The molecule has 2 aromatic carbocycles. The highest BCUT2D eigenvalue weighted by atomic mass is 16.5. The smallest absolute Gasteiger partial charge is 0.235 e. The summed E-state index contributed by atoms with van der Waals surface area (Å²) in [5.41, 5.74) is 9.22. The molecule has 26 heavy (non-hydrogen) atoms. The maximum absolute atomic E-state index is 13.5. The Morgan fingerprint density at radius 3 is 2.38 bits per heavy atom. The van der Waals surface area contributed by atoms with E-state index >= 15 is 0 Å². The second-order valence-corrected chi connectivity index (χ2v) is 6.51. The third kappa shape index (κ3) is 2.23. The third-order valence-corrected chi connectivity index (χ3v) is 4.91. The molecule has 0 fully saturated rings. The number of para-hydroxylation sites is 2. The van der Waals surface area contributed by atoms with Crippen LogP contribution in [0.4, 0.5) is 5.95 Å². The molecule has 0 saturated carbocycles. The summed E-state index contributed by atoms with van der Waals surface area (Å²) in [6.45, 7) is 0.943. The second kappa shape index (κ2) is 5.56. The highest BCUT2D eigenvalue weighted by Gasteiger charge is 2.37. The van der Waals surface area contributed by atoms with Crippen molar-refractivity contribution >= 4 is 11.9 Å². The van der Waals surface area contributed by atoms with Crippen LogP contribution in [0.2, 0.25) is 0 Å². The fourth-order valence-corrected chi connectivity index (χ4v) is 3.68. The second-order valence-electron chi connectivity index (χ2n) is 6.51. The molecule has 3 aromatic rings. The van der Waals surface area contributed by atoms with Gasteiger partial charge in [0.15, 0.2) is 0 Å². The lowest BCUT2D eigenvalue weighted by Crippen LogP contribution is -2.32. The van der Waals surface area contributed by atoms with E-state index in [1.54, 1.807) is 6.20 Å². The number of hydrogen-bond donors (Lipinski definition) is 1. The molecule has 6 heteroatoms. The summed E-state index contributed by atoms with van der Waals surface area (Å²) in [7, 11) is 0. The molecule has 0 atom stereocenters. The zero-order valence-electron chi connectivity index (χ0n) is 13.9. The molecule has 0 unspecified atom stereocenters. The van der Waals surface area contributed by atoms with Crippen molar-refractivity contribution in [3.05, 3.63) is 77.1 Å². The van der Waals surface area contributed by atoms with E-state index in [4.69, 9.17) is 10.5 Å². The SMILES string of the molecule is Nc1ncc2c(n1)CN(C(=O)C1c3ccccc3Oc3ccccc31)C2. The number of carbonyl (C=O) groups excluding carboxylic acids is 1. The summed E-state index contributed by atoms with van der Waals surface area (Å²) < 4.78 is 5.99. The summed E-state index contributed by atoms with van der Waals surface area (Å²) >= 11 is 0. The molecule has 1 amide bonds. The maximum atomic E-state index is 13.5. The highest BCUT2D eigenvalue weighted by Crippen LogP contribution is 2.45. The first kappa shape index (κ1) is 14.9. The summed E-state index contributed by atoms with van der Waals surface area (Å²) in [5, 5.41) is 0. The maximum Gasteiger partial charge on any atom is 0.235 e. The van der Waals surface area contributed by atoms with E-state index in [9.17, 15) is 4.79 Å². The number of anilines is 1. The van der Waals surface area contributed by atoms with Gasteiger partial charge in [-0.2, -0.15) is 0 Å². The molecule has 0 saturated heterocycles. The quantitative estimate of drug-likeness (QED) is 0.734. The Kier molecular flexibility index (Phi) is 3.18. The largest absolute Gasteiger partial charge is 0.457 e. The van der Waals surface area contributed by atoms with Gasteiger partial charge < -0.3 is 15.4 Å². The normalized spacial score (nSPS) is 15.0. The fourth-order valence-electron chi connectivity index (χ4n) is 3.68. The minimum absolute atomic E-state index is 0.0322. The van der Waals surface area contributed by atoms with Crippen LogP contribution in [-0.2, 0) is 17.9 Å². The molecule has 2 aliphatic heterocycles. The van der Waals surface area contributed by atoms with Gasteiger partial charge in [0.25, 0.3) is 0 Å². The van der Waals surface area contributed by atoms with Gasteiger partial charge in [0.1, 0.15) is 11.5 Å². The number of ether oxygens (including phenoxy) is 1. The first-order chi connectivity index (χ1) is 12.7. The van der Waals surface area contributed by atoms with Crippen LogP contribution < -0.4 is 10.5 Å². The van der Waals surface area contributed by atoms with E-state index in [-0.39, 0.29) is 11.9 Å². The zero-order valence-corrected chi connectivity index (χ0v) is 13.9. The van der Waals surface area contributed by atoms with Crippen LogP contribution in [0, 0.1) is 0 Å². The fraction of sp³-hybridized carbons (Fsp3) is 0.150. The van der Waals surface area contributed by atoms with Crippen LogP contribution in [0.1, 0.15) is 28.3 Å². The van der Waals surface area contributed by atoms with Gasteiger partial charge in [-0.25, -0.2) is 9.97 Å². The van der Waals surface area contributed by atoms with Crippen molar-refractivity contribution in [3.8, 4) is 11.5 Å². The van der Waals surface area contributed by atoms with Crippen molar-refractivity contribution in [1.29, 1.82) is 0 Å². The minimum atomic E-state index is -0.393. The van der Waals surface area contributed by atoms with E-state index in [1.165, 1.54) is 0 Å². The number of nitrogen functional groups attached to an aromatic ring is 1. The molecule has 0 bridgehead atoms. The van der Waals surface area contributed by atoms with Crippen molar-refractivity contribution in [2.75, 3.05) is 5.73 Å². The number of nitrogens with zero attached hydrogens (tertiary/aromatic N) is 3. The van der Waals surface area contributed by atoms with Gasteiger partial charge in [-0.1, -0.05) is 36.4 Å². The lowest BCUT2D eigenvalue weighted by Gasteiger charge is -2.30. The Morgan fingerprint density at radius 2 is 1.69 bits per heavy atom. The van der Waals surface area contributed by atoms with Gasteiger partial charge in [-0.15, -0.1) is 0 Å². The predicted octanol–water partition coefficient (Wildman–Crippen LogP) is 2.84. The van der Waals surface area contributed by atoms with E-state index in [0.29, 0.717) is 13.1 Å². The predicted molar refractivity (Wildman–Crippen MR) is 95.5 cm³/mol. The number of aromatic nitrogens is 2. The lowest BCUT2D eigenvalue weighted by molar-refractivity contribution is -0.132. The number of hydrogen-bond acceptors (Lipinski definition) is 5. The van der Waals surface area contributed by atoms with Crippen molar-refractivity contribution in [1.82, 2.24) is 14.9 Å². The molecule has 6 nitrogen and oxygen atoms in total. The van der Waals surface area contributed by atoms with E-state index < -0.39 is 5.92 Å². The van der Waals surface area contributed by atoms with Crippen molar-refractivity contribution < 1.29 is 9.53 Å². The molecular formula is C20H16N4O2. The van der Waals surface area contributed by atoms with Crippen LogP contribution in [0.5, 0.6) is 11.5 Å². The zero-order chi connectivity index (χ0) is 17.7. The minimum Gasteiger partial charge on any atom is -0.457 e. The average Bonchev–Trinajstić information content (AvgIpc) is 3.08. The number of amides is 1. The number of carbonyl (C=O) groups is 1. The van der Waals surface area contributed by atoms with E-state index in [1.807, 2.05) is 53.4 Å². The molecular weight excluding hydrogens is 328 g/mol. The summed E-state index contributed by atoms with van der Waals surface area (Å²) in [4.78, 5) is 23.6. The van der Waals surface area contributed by atoms with Gasteiger partial charge in [0.05, 0.1) is 18.2 Å². The summed E-state index contributed by atoms with van der Waals surface area (Å²) in [6, 6.07) is 15.4. The number of fused-ring (bicyclic) bond motifs is 3. The average molecular weight is 344 g/mol. The van der Waals surface area contributed by atoms with Gasteiger partial charge in [0.2, 0.25) is 11.9 Å². The summed E-state index contributed by atoms with van der Waals surface area (Å²) in [6.07, 6.45) is 1.71. The molecule has 2 aliphatic rings. The standard InChI is InChI=1S/C20H16N4O2/c21-20-22-9-12-10-24(11-15(12)23-20)19(25)18-13-5-1-3-7-16(13)26-17-8-4-2-6-14(17)18/h1-9,18H,10-11H2,(H2,21,22,23). The molecule has 0 aliphatic carbocycles. The Bertz CT molecular complexity index is 988. The van der Waals surface area contributed by atoms with Crippen molar-refractivity contribution in [3.63, 3.8) is 0 Å². The van der Waals surface area contributed by atoms with Crippen LogP contribution in [0.3, 0.4) is 0 Å². The van der Waals surface area contributed by atoms with E-state index in [2.05, 4.69) is 9.97 Å². The summed E-state index contributed by atoms with van der Waals surface area (Å²) in [5.74, 6) is 1.33. The first-order valence-corrected chi connectivity index (χ1v) is 8.45. The Labute approximate surface area is 150 Å².